The molecule has 160 valence electrons. The van der Waals surface area contributed by atoms with E-state index in [2.05, 4.69) is 5.16 Å². The highest BCUT2D eigenvalue weighted by atomic mass is 35.5. The number of ether oxygens (including phenoxy) is 1. The summed E-state index contributed by atoms with van der Waals surface area (Å²) in [7, 11) is 0. The lowest BCUT2D eigenvalue weighted by Crippen LogP contribution is -2.51. The summed E-state index contributed by atoms with van der Waals surface area (Å²) in [4.78, 5) is 29.4. The molecule has 8 heteroatoms. The third-order valence-corrected chi connectivity index (χ3v) is 5.94. The number of carbonyl (C=O) groups is 2. The van der Waals surface area contributed by atoms with E-state index in [0.29, 0.717) is 49.8 Å². The molecule has 2 saturated heterocycles. The minimum absolute atomic E-state index is 0.0501. The molecular formula is C22H26ClN3O4. The van der Waals surface area contributed by atoms with Crippen molar-refractivity contribution in [1.29, 1.82) is 0 Å². The number of halogens is 1. The quantitative estimate of drug-likeness (QED) is 0.743. The molecule has 2 unspecified atom stereocenters. The van der Waals surface area contributed by atoms with Gasteiger partial charge in [0.15, 0.2) is 11.5 Å². The van der Waals surface area contributed by atoms with Crippen molar-refractivity contribution < 1.29 is 18.8 Å². The van der Waals surface area contributed by atoms with Crippen LogP contribution in [-0.2, 0) is 9.53 Å². The Balaban J connectivity index is 1.35. The van der Waals surface area contributed by atoms with Crippen LogP contribution in [0.5, 0.6) is 0 Å². The van der Waals surface area contributed by atoms with Crippen LogP contribution in [-0.4, -0.2) is 65.2 Å². The average molecular weight is 432 g/mol. The van der Waals surface area contributed by atoms with Gasteiger partial charge in [-0.2, -0.15) is 0 Å². The summed E-state index contributed by atoms with van der Waals surface area (Å²) >= 11 is 6.02. The summed E-state index contributed by atoms with van der Waals surface area (Å²) < 4.78 is 11.1. The molecule has 1 aromatic heterocycles. The lowest BCUT2D eigenvalue weighted by Gasteiger charge is -2.39. The number of nitrogens with zero attached hydrogens (tertiary/aromatic N) is 3. The Morgan fingerprint density at radius 2 is 1.77 bits per heavy atom. The monoisotopic (exact) mass is 431 g/mol. The van der Waals surface area contributed by atoms with Crippen molar-refractivity contribution in [3.63, 3.8) is 0 Å². The summed E-state index contributed by atoms with van der Waals surface area (Å²) in [5.41, 5.74) is 1.04. The van der Waals surface area contributed by atoms with Crippen LogP contribution in [0, 0.1) is 5.92 Å². The maximum Gasteiger partial charge on any atom is 0.276 e. The number of hydrogen-bond donors (Lipinski definition) is 0. The molecule has 3 heterocycles. The topological polar surface area (TPSA) is 75.9 Å². The largest absolute Gasteiger partial charge is 0.372 e. The number of likely N-dealkylation sites (tertiary alicyclic amines) is 1. The minimum atomic E-state index is -0.174. The van der Waals surface area contributed by atoms with Gasteiger partial charge in [0.25, 0.3) is 5.91 Å². The van der Waals surface area contributed by atoms with E-state index in [9.17, 15) is 9.59 Å². The van der Waals surface area contributed by atoms with Crippen molar-refractivity contribution in [3.8, 4) is 11.3 Å². The fourth-order valence-corrected chi connectivity index (χ4v) is 4.45. The zero-order chi connectivity index (χ0) is 21.3. The van der Waals surface area contributed by atoms with Crippen LogP contribution in [0.3, 0.4) is 0 Å². The Labute approximate surface area is 180 Å². The van der Waals surface area contributed by atoms with Gasteiger partial charge in [-0.1, -0.05) is 28.9 Å². The summed E-state index contributed by atoms with van der Waals surface area (Å²) in [5.74, 6) is 0.452. The predicted molar refractivity (Wildman–Crippen MR) is 112 cm³/mol. The summed E-state index contributed by atoms with van der Waals surface area (Å²) in [6, 6.07) is 8.85. The first-order valence-electron chi connectivity index (χ1n) is 10.4. The van der Waals surface area contributed by atoms with Crippen LogP contribution in [0.4, 0.5) is 0 Å². The van der Waals surface area contributed by atoms with E-state index in [-0.39, 0.29) is 35.6 Å². The van der Waals surface area contributed by atoms with Gasteiger partial charge in [0, 0.05) is 48.7 Å². The Kier molecular flexibility index (Phi) is 6.11. The molecule has 4 rings (SSSR count). The van der Waals surface area contributed by atoms with Gasteiger partial charge in [0.1, 0.15) is 0 Å². The van der Waals surface area contributed by atoms with E-state index in [1.165, 1.54) is 0 Å². The van der Waals surface area contributed by atoms with Crippen molar-refractivity contribution in [1.82, 2.24) is 15.0 Å². The highest BCUT2D eigenvalue weighted by Gasteiger charge is 2.34. The van der Waals surface area contributed by atoms with Gasteiger partial charge in [-0.3, -0.25) is 9.59 Å². The molecule has 2 aliphatic heterocycles. The van der Waals surface area contributed by atoms with Crippen LogP contribution in [0.15, 0.2) is 34.9 Å². The number of carbonyl (C=O) groups excluding carboxylic acids is 2. The second-order valence-corrected chi connectivity index (χ2v) is 8.59. The van der Waals surface area contributed by atoms with Gasteiger partial charge in [0.05, 0.1) is 12.2 Å². The van der Waals surface area contributed by atoms with Gasteiger partial charge in [-0.05, 0) is 38.8 Å². The summed E-state index contributed by atoms with van der Waals surface area (Å²) in [6.07, 6.45) is 1.42. The fraction of sp³-hybridized carbons (Fsp3) is 0.500. The van der Waals surface area contributed by atoms with E-state index < -0.39 is 0 Å². The Bertz CT molecular complexity index is 913. The third-order valence-electron chi connectivity index (χ3n) is 5.70. The van der Waals surface area contributed by atoms with Gasteiger partial charge in [-0.25, -0.2) is 0 Å². The van der Waals surface area contributed by atoms with Crippen molar-refractivity contribution in [2.75, 3.05) is 26.2 Å². The van der Waals surface area contributed by atoms with E-state index in [4.69, 9.17) is 20.9 Å². The number of benzene rings is 1. The number of rotatable bonds is 3. The third kappa shape index (κ3) is 4.52. The van der Waals surface area contributed by atoms with Crippen LogP contribution >= 0.6 is 11.6 Å². The zero-order valence-corrected chi connectivity index (χ0v) is 18.0. The Morgan fingerprint density at radius 1 is 1.07 bits per heavy atom. The molecule has 0 bridgehead atoms. The molecule has 0 saturated carbocycles. The van der Waals surface area contributed by atoms with Crippen molar-refractivity contribution in [3.05, 3.63) is 41.0 Å². The zero-order valence-electron chi connectivity index (χ0n) is 17.2. The standard InChI is InChI=1S/C22H26ClN3O4/c1-14-12-26(13-15(2)29-14)21(27)16-6-8-25(9-7-16)22(28)19-11-20(30-24-19)17-4-3-5-18(23)10-17/h3-5,10-11,14-16H,6-9,12-13H2,1-2H3. The van der Waals surface area contributed by atoms with Crippen molar-refractivity contribution >= 4 is 23.4 Å². The Morgan fingerprint density at radius 3 is 2.43 bits per heavy atom. The second-order valence-electron chi connectivity index (χ2n) is 8.15. The lowest BCUT2D eigenvalue weighted by molar-refractivity contribution is -0.148. The summed E-state index contributed by atoms with van der Waals surface area (Å²) in [6.45, 7) is 6.31. The molecule has 0 spiro atoms. The minimum Gasteiger partial charge on any atom is -0.372 e. The van der Waals surface area contributed by atoms with Crippen LogP contribution in [0.25, 0.3) is 11.3 Å². The van der Waals surface area contributed by atoms with Gasteiger partial charge in [0.2, 0.25) is 5.91 Å². The molecule has 1 aromatic carbocycles. The maximum atomic E-state index is 12.9. The van der Waals surface area contributed by atoms with Gasteiger partial charge in [-0.15, -0.1) is 0 Å². The number of aromatic nitrogens is 1. The normalized spacial score (nSPS) is 22.9. The molecule has 0 radical (unpaired) electrons. The molecule has 0 N–H and O–H groups in total. The number of piperidine rings is 1. The van der Waals surface area contributed by atoms with Crippen molar-refractivity contribution in [2.24, 2.45) is 5.92 Å². The first-order chi connectivity index (χ1) is 14.4. The molecule has 2 aliphatic rings. The Hall–Kier alpha value is -2.38. The lowest BCUT2D eigenvalue weighted by atomic mass is 9.94. The number of hydrogen-bond acceptors (Lipinski definition) is 5. The fourth-order valence-electron chi connectivity index (χ4n) is 4.26. The van der Waals surface area contributed by atoms with Crippen LogP contribution in [0.2, 0.25) is 5.02 Å². The van der Waals surface area contributed by atoms with Gasteiger partial charge >= 0.3 is 0 Å². The number of morpholine rings is 1. The van der Waals surface area contributed by atoms with Crippen molar-refractivity contribution in [2.45, 2.75) is 38.9 Å². The highest BCUT2D eigenvalue weighted by molar-refractivity contribution is 6.30. The molecule has 30 heavy (non-hydrogen) atoms. The molecule has 2 aromatic rings. The average Bonchev–Trinajstić information content (AvgIpc) is 3.22. The molecule has 0 aliphatic carbocycles. The molecular weight excluding hydrogens is 406 g/mol. The molecule has 7 nitrogen and oxygen atoms in total. The van der Waals surface area contributed by atoms with E-state index >= 15 is 0 Å². The van der Waals surface area contributed by atoms with Crippen LogP contribution in [0.1, 0.15) is 37.2 Å². The van der Waals surface area contributed by atoms with E-state index in [1.54, 1.807) is 23.1 Å². The van der Waals surface area contributed by atoms with E-state index in [1.807, 2.05) is 30.9 Å². The predicted octanol–water partition coefficient (Wildman–Crippen LogP) is 3.48. The molecule has 2 amide bonds. The smallest absolute Gasteiger partial charge is 0.276 e. The maximum absolute atomic E-state index is 12.9. The molecule has 2 fully saturated rings. The first kappa shape index (κ1) is 20.9. The van der Waals surface area contributed by atoms with Crippen LogP contribution < -0.4 is 0 Å². The first-order valence-corrected chi connectivity index (χ1v) is 10.7. The van der Waals surface area contributed by atoms with E-state index in [0.717, 1.165) is 5.56 Å². The highest BCUT2D eigenvalue weighted by Crippen LogP contribution is 2.26. The SMILES string of the molecule is CC1CN(C(=O)C2CCN(C(=O)c3cc(-c4cccc(Cl)c4)on3)CC2)CC(C)O1. The number of amides is 2. The second kappa shape index (κ2) is 8.78. The molecule has 2 atom stereocenters. The van der Waals surface area contributed by atoms with Gasteiger partial charge < -0.3 is 19.1 Å². The summed E-state index contributed by atoms with van der Waals surface area (Å²) in [5, 5.41) is 4.53.